The highest BCUT2D eigenvalue weighted by molar-refractivity contribution is 8.00. The van der Waals surface area contributed by atoms with Crippen LogP contribution in [0, 0.1) is 0 Å². The molecule has 2 aromatic rings. The molecule has 2 heterocycles. The number of thioether (sulfide) groups is 1. The van der Waals surface area contributed by atoms with Crippen molar-refractivity contribution in [1.29, 1.82) is 0 Å². The summed E-state index contributed by atoms with van der Waals surface area (Å²) in [4.78, 5) is 19.7. The topological polar surface area (TPSA) is 23.6 Å². The molecule has 4 rings (SSSR count). The van der Waals surface area contributed by atoms with Crippen molar-refractivity contribution in [2.24, 2.45) is 0 Å². The number of hydrogen-bond donors (Lipinski definition) is 0. The number of likely N-dealkylation sites (tertiary alicyclic amines) is 1. The first-order chi connectivity index (χ1) is 12.3. The van der Waals surface area contributed by atoms with Gasteiger partial charge in [-0.3, -0.25) is 9.69 Å². The first-order valence-corrected chi connectivity index (χ1v) is 10.8. The molecule has 130 valence electrons. The Hall–Kier alpha value is -1.43. The Bertz CT molecular complexity index is 713. The van der Waals surface area contributed by atoms with Crippen LogP contribution in [0.5, 0.6) is 0 Å². The molecule has 0 atom stereocenters. The third-order valence-electron chi connectivity index (χ3n) is 4.66. The minimum atomic E-state index is 0.173. The average Bonchev–Trinajstić information content (AvgIpc) is 3.16. The van der Waals surface area contributed by atoms with E-state index in [0.29, 0.717) is 5.75 Å². The van der Waals surface area contributed by atoms with Crippen molar-refractivity contribution in [2.75, 3.05) is 36.0 Å². The van der Waals surface area contributed by atoms with Crippen LogP contribution in [0.4, 0.5) is 11.4 Å². The van der Waals surface area contributed by atoms with Crippen molar-refractivity contribution in [3.63, 3.8) is 0 Å². The van der Waals surface area contributed by atoms with E-state index in [1.165, 1.54) is 25.9 Å². The monoisotopic (exact) mass is 370 g/mol. The van der Waals surface area contributed by atoms with Crippen molar-refractivity contribution in [2.45, 2.75) is 22.6 Å². The van der Waals surface area contributed by atoms with Gasteiger partial charge in [-0.15, -0.1) is 0 Å². The van der Waals surface area contributed by atoms with Gasteiger partial charge in [-0.2, -0.15) is 11.8 Å². The van der Waals surface area contributed by atoms with Gasteiger partial charge in [0.05, 0.1) is 17.1 Å². The minimum Gasteiger partial charge on any atom is -0.303 e. The predicted octanol–water partition coefficient (Wildman–Crippen LogP) is 4.64. The number of rotatable bonds is 5. The van der Waals surface area contributed by atoms with Gasteiger partial charge in [0.25, 0.3) is 0 Å². The number of nitrogens with zero attached hydrogens (tertiary/aromatic N) is 2. The molecular weight excluding hydrogens is 348 g/mol. The molecule has 2 aliphatic rings. The largest absolute Gasteiger partial charge is 0.303 e. The zero-order valence-electron chi connectivity index (χ0n) is 14.2. The van der Waals surface area contributed by atoms with Gasteiger partial charge in [0.2, 0.25) is 5.91 Å². The zero-order chi connectivity index (χ0) is 17.1. The number of carbonyl (C=O) groups excluding carboxylic acids is 1. The van der Waals surface area contributed by atoms with Gasteiger partial charge in [-0.1, -0.05) is 36.0 Å². The summed E-state index contributed by atoms with van der Waals surface area (Å²) in [7, 11) is 0. The van der Waals surface area contributed by atoms with Crippen LogP contribution in [0.25, 0.3) is 0 Å². The fourth-order valence-electron chi connectivity index (χ4n) is 3.40. The van der Waals surface area contributed by atoms with Crippen LogP contribution >= 0.6 is 23.5 Å². The van der Waals surface area contributed by atoms with Crippen LogP contribution in [-0.2, 0) is 4.79 Å². The van der Waals surface area contributed by atoms with Gasteiger partial charge in [0.15, 0.2) is 0 Å². The molecule has 0 unspecified atom stereocenters. The Morgan fingerprint density at radius 1 is 0.960 bits per heavy atom. The second-order valence-corrected chi connectivity index (χ2v) is 8.56. The average molecular weight is 371 g/mol. The summed E-state index contributed by atoms with van der Waals surface area (Å²) in [6.07, 6.45) is 2.64. The lowest BCUT2D eigenvalue weighted by atomic mass is 10.2. The highest BCUT2D eigenvalue weighted by atomic mass is 32.2. The van der Waals surface area contributed by atoms with Gasteiger partial charge in [-0.05, 0) is 50.2 Å². The summed E-state index contributed by atoms with van der Waals surface area (Å²) in [5.74, 6) is 1.73. The smallest absolute Gasteiger partial charge is 0.241 e. The molecule has 1 saturated heterocycles. The van der Waals surface area contributed by atoms with E-state index in [1.807, 2.05) is 41.3 Å². The van der Waals surface area contributed by atoms with E-state index in [9.17, 15) is 4.79 Å². The third-order valence-corrected chi connectivity index (χ3v) is 6.71. The number of para-hydroxylation sites is 2. The van der Waals surface area contributed by atoms with Crippen LogP contribution in [0.3, 0.4) is 0 Å². The molecule has 0 bridgehead atoms. The normalized spacial score (nSPS) is 16.6. The van der Waals surface area contributed by atoms with Crippen molar-refractivity contribution in [1.82, 2.24) is 4.90 Å². The van der Waals surface area contributed by atoms with Crippen LogP contribution in [0.1, 0.15) is 12.8 Å². The van der Waals surface area contributed by atoms with Crippen molar-refractivity contribution in [3.05, 3.63) is 48.5 Å². The maximum atomic E-state index is 13.0. The summed E-state index contributed by atoms with van der Waals surface area (Å²) in [6, 6.07) is 16.4. The molecule has 25 heavy (non-hydrogen) atoms. The molecule has 0 saturated carbocycles. The van der Waals surface area contributed by atoms with Crippen molar-refractivity contribution in [3.8, 4) is 0 Å². The van der Waals surface area contributed by atoms with E-state index in [1.54, 1.807) is 23.5 Å². The molecular formula is C20H22N2OS2. The first kappa shape index (κ1) is 17.0. The van der Waals surface area contributed by atoms with Crippen LogP contribution < -0.4 is 4.90 Å². The van der Waals surface area contributed by atoms with Crippen LogP contribution in [-0.4, -0.2) is 41.9 Å². The summed E-state index contributed by atoms with van der Waals surface area (Å²) in [5.41, 5.74) is 2.02. The Morgan fingerprint density at radius 3 is 2.20 bits per heavy atom. The maximum absolute atomic E-state index is 13.0. The van der Waals surface area contributed by atoms with Gasteiger partial charge in [-0.25, -0.2) is 0 Å². The number of fused-ring (bicyclic) bond motifs is 2. The van der Waals surface area contributed by atoms with Crippen LogP contribution in [0.2, 0.25) is 0 Å². The molecule has 0 aliphatic carbocycles. The van der Waals surface area contributed by atoms with E-state index in [-0.39, 0.29) is 5.91 Å². The first-order valence-electron chi connectivity index (χ1n) is 8.82. The number of carbonyl (C=O) groups is 1. The molecule has 0 N–H and O–H groups in total. The fourth-order valence-corrected chi connectivity index (χ4v) is 5.29. The van der Waals surface area contributed by atoms with Gasteiger partial charge in [0.1, 0.15) is 0 Å². The molecule has 2 aliphatic heterocycles. The second kappa shape index (κ2) is 7.85. The fraction of sp³-hybridized carbons (Fsp3) is 0.350. The zero-order valence-corrected chi connectivity index (χ0v) is 15.8. The SMILES string of the molecule is O=C(CSCCN1CCCC1)N1c2ccccc2Sc2ccccc21. The summed E-state index contributed by atoms with van der Waals surface area (Å²) >= 11 is 3.49. The lowest BCUT2D eigenvalue weighted by Crippen LogP contribution is -2.30. The molecule has 1 amide bonds. The quantitative estimate of drug-likeness (QED) is 0.715. The van der Waals surface area contributed by atoms with Gasteiger partial charge < -0.3 is 4.90 Å². The van der Waals surface area contributed by atoms with Gasteiger partial charge >= 0.3 is 0 Å². The number of anilines is 2. The Balaban J connectivity index is 1.46. The Morgan fingerprint density at radius 2 is 1.56 bits per heavy atom. The lowest BCUT2D eigenvalue weighted by Gasteiger charge is -2.31. The van der Waals surface area contributed by atoms with E-state index in [2.05, 4.69) is 17.0 Å². The van der Waals surface area contributed by atoms with Crippen molar-refractivity contribution < 1.29 is 4.79 Å². The van der Waals surface area contributed by atoms with E-state index >= 15 is 0 Å². The number of benzene rings is 2. The Kier molecular flexibility index (Phi) is 5.34. The molecule has 0 spiro atoms. The number of amides is 1. The van der Waals surface area contributed by atoms with Crippen LogP contribution in [0.15, 0.2) is 58.3 Å². The molecule has 2 aromatic carbocycles. The maximum Gasteiger partial charge on any atom is 0.241 e. The molecule has 0 radical (unpaired) electrons. The molecule has 5 heteroatoms. The predicted molar refractivity (Wildman–Crippen MR) is 107 cm³/mol. The third kappa shape index (κ3) is 3.73. The Labute approximate surface area is 157 Å². The molecule has 0 aromatic heterocycles. The highest BCUT2D eigenvalue weighted by Crippen LogP contribution is 2.47. The van der Waals surface area contributed by atoms with Crippen molar-refractivity contribution >= 4 is 40.8 Å². The van der Waals surface area contributed by atoms with Gasteiger partial charge in [0, 0.05) is 22.1 Å². The van der Waals surface area contributed by atoms with E-state index in [0.717, 1.165) is 33.5 Å². The highest BCUT2D eigenvalue weighted by Gasteiger charge is 2.27. The minimum absolute atomic E-state index is 0.173. The lowest BCUT2D eigenvalue weighted by molar-refractivity contribution is -0.115. The number of hydrogen-bond acceptors (Lipinski definition) is 4. The molecule has 1 fully saturated rings. The standard InChI is InChI=1S/C20H22N2OS2/c23-20(15-24-14-13-21-11-5-6-12-21)22-16-7-1-3-9-18(16)25-19-10-4-2-8-17(19)22/h1-4,7-10H,5-6,11-15H2. The van der Waals surface area contributed by atoms with E-state index in [4.69, 9.17) is 0 Å². The summed E-state index contributed by atoms with van der Waals surface area (Å²) in [6.45, 7) is 3.54. The summed E-state index contributed by atoms with van der Waals surface area (Å²) in [5, 5.41) is 0. The second-order valence-electron chi connectivity index (χ2n) is 6.37. The summed E-state index contributed by atoms with van der Waals surface area (Å²) < 4.78 is 0. The molecule has 3 nitrogen and oxygen atoms in total. The van der Waals surface area contributed by atoms with E-state index < -0.39 is 0 Å².